The zero-order valence-corrected chi connectivity index (χ0v) is 12.8. The van der Waals surface area contributed by atoms with Crippen LogP contribution < -0.4 is 10.6 Å². The van der Waals surface area contributed by atoms with Crippen LogP contribution in [-0.4, -0.2) is 25.5 Å². The Bertz CT molecular complexity index is 567. The van der Waals surface area contributed by atoms with E-state index in [-0.39, 0.29) is 17.7 Å². The Morgan fingerprint density at radius 2 is 2.17 bits per heavy atom. The van der Waals surface area contributed by atoms with E-state index in [1.807, 2.05) is 0 Å². The molecule has 2 aliphatic rings. The third-order valence-electron chi connectivity index (χ3n) is 4.78. The van der Waals surface area contributed by atoms with Crippen molar-refractivity contribution in [2.45, 2.75) is 31.4 Å². The molecule has 0 aromatic heterocycles. The van der Waals surface area contributed by atoms with Crippen LogP contribution in [0.4, 0.5) is 13.2 Å². The third-order valence-corrected chi connectivity index (χ3v) is 4.78. The van der Waals surface area contributed by atoms with Crippen LogP contribution in [0, 0.1) is 11.8 Å². The number of rotatable bonds is 5. The Labute approximate surface area is 133 Å². The molecule has 0 radical (unpaired) electrons. The SMILES string of the molecule is O=C(NCCC1CCNC1)C1CC1c1cccc(C(F)(F)F)c1. The second-order valence-electron chi connectivity index (χ2n) is 6.51. The molecule has 2 fully saturated rings. The Morgan fingerprint density at radius 1 is 1.35 bits per heavy atom. The Morgan fingerprint density at radius 3 is 2.87 bits per heavy atom. The largest absolute Gasteiger partial charge is 0.416 e. The van der Waals surface area contributed by atoms with E-state index in [2.05, 4.69) is 10.6 Å². The van der Waals surface area contributed by atoms with Gasteiger partial charge in [-0.05, 0) is 55.8 Å². The first-order chi connectivity index (χ1) is 10.9. The average Bonchev–Trinajstić information content (AvgIpc) is 3.16. The smallest absolute Gasteiger partial charge is 0.356 e. The van der Waals surface area contributed by atoms with E-state index >= 15 is 0 Å². The normalized spacial score (nSPS) is 27.0. The van der Waals surface area contributed by atoms with Gasteiger partial charge >= 0.3 is 6.18 Å². The van der Waals surface area contributed by atoms with E-state index in [9.17, 15) is 18.0 Å². The maximum atomic E-state index is 12.7. The number of amides is 1. The topological polar surface area (TPSA) is 41.1 Å². The predicted octanol–water partition coefficient (Wildman–Crippen LogP) is 2.92. The molecule has 23 heavy (non-hydrogen) atoms. The van der Waals surface area contributed by atoms with E-state index < -0.39 is 11.7 Å². The highest BCUT2D eigenvalue weighted by molar-refractivity contribution is 5.82. The summed E-state index contributed by atoms with van der Waals surface area (Å²) < 4.78 is 38.2. The van der Waals surface area contributed by atoms with Crippen molar-refractivity contribution in [3.05, 3.63) is 35.4 Å². The molecule has 1 heterocycles. The highest BCUT2D eigenvalue weighted by atomic mass is 19.4. The van der Waals surface area contributed by atoms with Gasteiger partial charge in [-0.3, -0.25) is 4.79 Å². The summed E-state index contributed by atoms with van der Waals surface area (Å²) in [7, 11) is 0. The van der Waals surface area contributed by atoms with Gasteiger partial charge in [0.25, 0.3) is 0 Å². The van der Waals surface area contributed by atoms with Gasteiger partial charge in [0.05, 0.1) is 5.56 Å². The van der Waals surface area contributed by atoms with Gasteiger partial charge in [-0.15, -0.1) is 0 Å². The molecule has 1 aromatic carbocycles. The molecule has 126 valence electrons. The molecule has 3 nitrogen and oxygen atoms in total. The number of carbonyl (C=O) groups excluding carboxylic acids is 1. The van der Waals surface area contributed by atoms with Crippen LogP contribution in [0.1, 0.15) is 36.3 Å². The summed E-state index contributed by atoms with van der Waals surface area (Å²) in [5, 5.41) is 6.21. The predicted molar refractivity (Wildman–Crippen MR) is 80.9 cm³/mol. The van der Waals surface area contributed by atoms with Crippen LogP contribution in [0.25, 0.3) is 0 Å². The summed E-state index contributed by atoms with van der Waals surface area (Å²) >= 11 is 0. The van der Waals surface area contributed by atoms with Crippen LogP contribution in [0.15, 0.2) is 24.3 Å². The summed E-state index contributed by atoms with van der Waals surface area (Å²) in [6, 6.07) is 5.33. The van der Waals surface area contributed by atoms with Gasteiger partial charge in [-0.1, -0.05) is 18.2 Å². The maximum Gasteiger partial charge on any atom is 0.416 e. The number of benzene rings is 1. The molecule has 6 heteroatoms. The lowest BCUT2D eigenvalue weighted by Gasteiger charge is -2.10. The number of carbonyl (C=O) groups is 1. The second kappa shape index (κ2) is 6.51. The van der Waals surface area contributed by atoms with Crippen molar-refractivity contribution in [1.29, 1.82) is 0 Å². The highest BCUT2D eigenvalue weighted by Gasteiger charge is 2.44. The minimum atomic E-state index is -4.34. The number of hydrogen-bond donors (Lipinski definition) is 2. The van der Waals surface area contributed by atoms with Gasteiger partial charge in [0.2, 0.25) is 5.91 Å². The van der Waals surface area contributed by atoms with E-state index in [4.69, 9.17) is 0 Å². The summed E-state index contributed by atoms with van der Waals surface area (Å²) in [4.78, 5) is 12.1. The monoisotopic (exact) mass is 326 g/mol. The molecule has 2 N–H and O–H groups in total. The first-order valence-electron chi connectivity index (χ1n) is 8.11. The average molecular weight is 326 g/mol. The molecule has 1 amide bonds. The van der Waals surface area contributed by atoms with Gasteiger partial charge in [0, 0.05) is 12.5 Å². The van der Waals surface area contributed by atoms with Gasteiger partial charge < -0.3 is 10.6 Å². The van der Waals surface area contributed by atoms with Crippen molar-refractivity contribution in [2.24, 2.45) is 11.8 Å². The molecule has 3 atom stereocenters. The highest BCUT2D eigenvalue weighted by Crippen LogP contribution is 2.48. The van der Waals surface area contributed by atoms with Crippen molar-refractivity contribution in [2.75, 3.05) is 19.6 Å². The fourth-order valence-corrected chi connectivity index (χ4v) is 3.29. The molecule has 1 aromatic rings. The van der Waals surface area contributed by atoms with Crippen molar-refractivity contribution in [1.82, 2.24) is 10.6 Å². The lowest BCUT2D eigenvalue weighted by molar-refractivity contribution is -0.137. The van der Waals surface area contributed by atoms with Crippen molar-refractivity contribution >= 4 is 5.91 Å². The molecule has 3 unspecified atom stereocenters. The fraction of sp³-hybridized carbons (Fsp3) is 0.588. The standard InChI is InChI=1S/C17H21F3N2O/c18-17(19,20)13-3-1-2-12(8-13)14-9-15(14)16(23)22-7-5-11-4-6-21-10-11/h1-3,8,11,14-15,21H,4-7,9-10H2,(H,22,23). The van der Waals surface area contributed by atoms with E-state index in [1.165, 1.54) is 12.1 Å². The summed E-state index contributed by atoms with van der Waals surface area (Å²) in [5.74, 6) is 0.331. The van der Waals surface area contributed by atoms with E-state index in [1.54, 1.807) is 6.07 Å². The Hall–Kier alpha value is -1.56. The van der Waals surface area contributed by atoms with Crippen LogP contribution in [-0.2, 0) is 11.0 Å². The second-order valence-corrected chi connectivity index (χ2v) is 6.51. The number of nitrogens with one attached hydrogen (secondary N) is 2. The minimum Gasteiger partial charge on any atom is -0.356 e. The summed E-state index contributed by atoms with van der Waals surface area (Å²) in [6.45, 7) is 2.70. The number of halogens is 3. The molecule has 0 bridgehead atoms. The van der Waals surface area contributed by atoms with Crippen LogP contribution >= 0.6 is 0 Å². The molecule has 1 saturated carbocycles. The van der Waals surface area contributed by atoms with Gasteiger partial charge in [-0.25, -0.2) is 0 Å². The van der Waals surface area contributed by atoms with E-state index in [0.29, 0.717) is 24.4 Å². The van der Waals surface area contributed by atoms with Gasteiger partial charge in [-0.2, -0.15) is 13.2 Å². The zero-order valence-electron chi connectivity index (χ0n) is 12.8. The fourth-order valence-electron chi connectivity index (χ4n) is 3.29. The van der Waals surface area contributed by atoms with E-state index in [0.717, 1.165) is 32.0 Å². The number of alkyl halides is 3. The lowest BCUT2D eigenvalue weighted by Crippen LogP contribution is -2.28. The summed E-state index contributed by atoms with van der Waals surface area (Å²) in [6.07, 6.45) is -1.60. The molecular weight excluding hydrogens is 305 g/mol. The summed E-state index contributed by atoms with van der Waals surface area (Å²) in [5.41, 5.74) is -0.0326. The van der Waals surface area contributed by atoms with Crippen molar-refractivity contribution in [3.63, 3.8) is 0 Å². The Kier molecular flexibility index (Phi) is 4.62. The molecule has 1 aliphatic heterocycles. The molecule has 1 saturated heterocycles. The maximum absolute atomic E-state index is 12.7. The molecular formula is C17H21F3N2O. The van der Waals surface area contributed by atoms with Crippen LogP contribution in [0.3, 0.4) is 0 Å². The first kappa shape index (κ1) is 16.3. The molecule has 3 rings (SSSR count). The lowest BCUT2D eigenvalue weighted by atomic mass is 10.0. The van der Waals surface area contributed by atoms with Crippen LogP contribution in [0.5, 0.6) is 0 Å². The minimum absolute atomic E-state index is 0.0293. The van der Waals surface area contributed by atoms with Crippen LogP contribution in [0.2, 0.25) is 0 Å². The number of hydrogen-bond acceptors (Lipinski definition) is 2. The van der Waals surface area contributed by atoms with Gasteiger partial charge in [0.1, 0.15) is 0 Å². The first-order valence-corrected chi connectivity index (χ1v) is 8.11. The van der Waals surface area contributed by atoms with Crippen molar-refractivity contribution in [3.8, 4) is 0 Å². The third kappa shape index (κ3) is 4.05. The molecule has 0 spiro atoms. The quantitative estimate of drug-likeness (QED) is 0.873. The molecule has 1 aliphatic carbocycles. The van der Waals surface area contributed by atoms with Crippen molar-refractivity contribution < 1.29 is 18.0 Å². The van der Waals surface area contributed by atoms with Gasteiger partial charge in [0.15, 0.2) is 0 Å². The Balaban J connectivity index is 1.49. The zero-order chi connectivity index (χ0) is 16.4.